The fourth-order valence-corrected chi connectivity index (χ4v) is 3.50. The van der Waals surface area contributed by atoms with Crippen molar-refractivity contribution in [1.29, 1.82) is 0 Å². The van der Waals surface area contributed by atoms with Crippen LogP contribution in [0.2, 0.25) is 0 Å². The average molecular weight is 526 g/mol. The van der Waals surface area contributed by atoms with Crippen molar-refractivity contribution in [2.45, 2.75) is 58.4 Å². The Morgan fingerprint density at radius 3 is 2.67 bits per heavy atom. The monoisotopic (exact) mass is 526 g/mol. The standard InChI is InChI=1S/C22H34N6O.HI/c1-16(2)21-26-20(29-27-21)11-8-12-24-22(23-4)25-17(3)18-9-7-10-19(15-18)28-13-5-6-14-28;/h7,9-10,15-17H,5-6,8,11-14H2,1-4H3,(H2,23,24,25);1H. The molecule has 2 aromatic rings. The lowest BCUT2D eigenvalue weighted by Crippen LogP contribution is -2.39. The minimum atomic E-state index is 0. The number of aromatic nitrogens is 2. The van der Waals surface area contributed by atoms with Crippen molar-refractivity contribution >= 4 is 35.6 Å². The Balaban J connectivity index is 0.00000320. The number of rotatable bonds is 8. The van der Waals surface area contributed by atoms with E-state index in [0.29, 0.717) is 11.8 Å². The summed E-state index contributed by atoms with van der Waals surface area (Å²) in [5, 5.41) is 10.9. The van der Waals surface area contributed by atoms with Gasteiger partial charge in [-0.15, -0.1) is 24.0 Å². The number of nitrogens with one attached hydrogen (secondary N) is 2. The van der Waals surface area contributed by atoms with Gasteiger partial charge in [-0.05, 0) is 43.9 Å². The lowest BCUT2D eigenvalue weighted by Gasteiger charge is -2.22. The molecule has 30 heavy (non-hydrogen) atoms. The Labute approximate surface area is 197 Å². The number of anilines is 1. The van der Waals surface area contributed by atoms with Crippen molar-refractivity contribution in [1.82, 2.24) is 20.8 Å². The van der Waals surface area contributed by atoms with Gasteiger partial charge in [-0.25, -0.2) is 0 Å². The zero-order valence-corrected chi connectivity index (χ0v) is 20.8. The summed E-state index contributed by atoms with van der Waals surface area (Å²) in [4.78, 5) is 11.2. The fourth-order valence-electron chi connectivity index (χ4n) is 3.50. The number of halogens is 1. The van der Waals surface area contributed by atoms with Gasteiger partial charge in [0.05, 0.1) is 6.04 Å². The van der Waals surface area contributed by atoms with Crippen LogP contribution in [0.5, 0.6) is 0 Å². The molecule has 2 N–H and O–H groups in total. The number of nitrogens with zero attached hydrogens (tertiary/aromatic N) is 4. The Morgan fingerprint density at radius 2 is 2.00 bits per heavy atom. The summed E-state index contributed by atoms with van der Waals surface area (Å²) in [6, 6.07) is 8.99. The molecule has 1 atom stereocenters. The molecule has 1 saturated heterocycles. The zero-order chi connectivity index (χ0) is 20.6. The first-order valence-corrected chi connectivity index (χ1v) is 10.7. The van der Waals surface area contributed by atoms with Crippen LogP contribution in [0.25, 0.3) is 0 Å². The predicted molar refractivity (Wildman–Crippen MR) is 133 cm³/mol. The van der Waals surface area contributed by atoms with E-state index in [-0.39, 0.29) is 30.0 Å². The maximum absolute atomic E-state index is 5.30. The van der Waals surface area contributed by atoms with Gasteiger partial charge in [0.25, 0.3) is 0 Å². The summed E-state index contributed by atoms with van der Waals surface area (Å²) in [6.45, 7) is 9.41. The molecule has 8 heteroatoms. The van der Waals surface area contributed by atoms with Gasteiger partial charge in [0, 0.05) is 44.7 Å². The Hall–Kier alpha value is -1.84. The molecule has 166 valence electrons. The smallest absolute Gasteiger partial charge is 0.226 e. The number of guanidine groups is 1. The topological polar surface area (TPSA) is 78.6 Å². The molecule has 1 fully saturated rings. The molecule has 1 aliphatic heterocycles. The van der Waals surface area contributed by atoms with E-state index in [1.54, 1.807) is 7.05 Å². The van der Waals surface area contributed by atoms with Gasteiger partial charge in [0.1, 0.15) is 0 Å². The molecule has 0 saturated carbocycles. The van der Waals surface area contributed by atoms with Crippen molar-refractivity contribution in [2.75, 3.05) is 31.6 Å². The summed E-state index contributed by atoms with van der Waals surface area (Å²) in [7, 11) is 1.80. The van der Waals surface area contributed by atoms with Gasteiger partial charge in [-0.3, -0.25) is 4.99 Å². The normalized spacial score (nSPS) is 15.2. The van der Waals surface area contributed by atoms with E-state index in [4.69, 9.17) is 4.52 Å². The molecular weight excluding hydrogens is 491 g/mol. The van der Waals surface area contributed by atoms with Crippen LogP contribution in [0, 0.1) is 0 Å². The number of hydrogen-bond acceptors (Lipinski definition) is 5. The summed E-state index contributed by atoms with van der Waals surface area (Å²) in [5.41, 5.74) is 2.58. The van der Waals surface area contributed by atoms with Crippen LogP contribution < -0.4 is 15.5 Å². The fraction of sp³-hybridized carbons (Fsp3) is 0.591. The molecule has 0 radical (unpaired) electrons. The predicted octanol–water partition coefficient (Wildman–Crippen LogP) is 4.27. The van der Waals surface area contributed by atoms with E-state index in [2.05, 4.69) is 75.7 Å². The second kappa shape index (κ2) is 12.1. The van der Waals surface area contributed by atoms with Gasteiger partial charge < -0.3 is 20.1 Å². The first-order valence-electron chi connectivity index (χ1n) is 10.7. The molecule has 1 aromatic carbocycles. The average Bonchev–Trinajstić information content (AvgIpc) is 3.42. The van der Waals surface area contributed by atoms with Crippen LogP contribution >= 0.6 is 24.0 Å². The van der Waals surface area contributed by atoms with Crippen molar-refractivity contribution in [3.05, 3.63) is 41.5 Å². The van der Waals surface area contributed by atoms with Crippen molar-refractivity contribution in [3.8, 4) is 0 Å². The lowest BCUT2D eigenvalue weighted by atomic mass is 10.1. The van der Waals surface area contributed by atoms with E-state index >= 15 is 0 Å². The van der Waals surface area contributed by atoms with E-state index in [1.807, 2.05) is 0 Å². The van der Waals surface area contributed by atoms with Crippen molar-refractivity contribution in [2.24, 2.45) is 4.99 Å². The zero-order valence-electron chi connectivity index (χ0n) is 18.5. The number of aryl methyl sites for hydroxylation is 1. The largest absolute Gasteiger partial charge is 0.372 e. The highest BCUT2D eigenvalue weighted by Crippen LogP contribution is 2.23. The molecule has 1 aromatic heterocycles. The summed E-state index contributed by atoms with van der Waals surface area (Å²) in [6.07, 6.45) is 4.24. The minimum Gasteiger partial charge on any atom is -0.372 e. The third-order valence-electron chi connectivity index (χ3n) is 5.28. The first-order chi connectivity index (χ1) is 14.1. The van der Waals surface area contributed by atoms with E-state index in [0.717, 1.165) is 44.3 Å². The Kier molecular flexibility index (Phi) is 9.87. The highest BCUT2D eigenvalue weighted by Gasteiger charge is 2.14. The molecule has 7 nitrogen and oxygen atoms in total. The van der Waals surface area contributed by atoms with Gasteiger partial charge in [-0.2, -0.15) is 4.98 Å². The summed E-state index contributed by atoms with van der Waals surface area (Å²) in [5.74, 6) is 2.57. The molecule has 3 rings (SSSR count). The molecule has 0 aliphatic carbocycles. The van der Waals surface area contributed by atoms with Gasteiger partial charge in [0.15, 0.2) is 11.8 Å². The van der Waals surface area contributed by atoms with E-state index < -0.39 is 0 Å². The number of hydrogen-bond donors (Lipinski definition) is 2. The van der Waals surface area contributed by atoms with Crippen LogP contribution in [-0.4, -0.2) is 42.8 Å². The lowest BCUT2D eigenvalue weighted by molar-refractivity contribution is 0.368. The second-order valence-electron chi connectivity index (χ2n) is 7.96. The third kappa shape index (κ3) is 6.85. The molecule has 0 bridgehead atoms. The van der Waals surface area contributed by atoms with Crippen LogP contribution in [0.1, 0.15) is 69.3 Å². The van der Waals surface area contributed by atoms with Gasteiger partial charge >= 0.3 is 0 Å². The molecule has 2 heterocycles. The van der Waals surface area contributed by atoms with E-state index in [1.165, 1.54) is 24.1 Å². The SMILES string of the molecule is CN=C(NCCCc1nc(C(C)C)no1)NC(C)c1cccc(N2CCCC2)c1.I. The molecule has 0 spiro atoms. The quantitative estimate of drug-likeness (QED) is 0.232. The van der Waals surface area contributed by atoms with Crippen molar-refractivity contribution < 1.29 is 4.52 Å². The Morgan fingerprint density at radius 1 is 1.23 bits per heavy atom. The minimum absolute atomic E-state index is 0. The summed E-state index contributed by atoms with van der Waals surface area (Å²) >= 11 is 0. The number of benzene rings is 1. The second-order valence-corrected chi connectivity index (χ2v) is 7.96. The molecule has 1 aliphatic rings. The number of aliphatic imine (C=N–C) groups is 1. The maximum atomic E-state index is 5.30. The third-order valence-corrected chi connectivity index (χ3v) is 5.28. The summed E-state index contributed by atoms with van der Waals surface area (Å²) < 4.78 is 5.30. The highest BCUT2D eigenvalue weighted by atomic mass is 127. The molecular formula is C22H35IN6O. The maximum Gasteiger partial charge on any atom is 0.226 e. The van der Waals surface area contributed by atoms with Gasteiger partial charge in [-0.1, -0.05) is 31.1 Å². The molecule has 1 unspecified atom stereocenters. The van der Waals surface area contributed by atoms with Crippen LogP contribution in [-0.2, 0) is 6.42 Å². The molecule has 0 amide bonds. The highest BCUT2D eigenvalue weighted by molar-refractivity contribution is 14.0. The van der Waals surface area contributed by atoms with Crippen LogP contribution in [0.4, 0.5) is 5.69 Å². The first kappa shape index (κ1) is 24.4. The van der Waals surface area contributed by atoms with Crippen LogP contribution in [0.3, 0.4) is 0 Å². The van der Waals surface area contributed by atoms with Crippen LogP contribution in [0.15, 0.2) is 33.8 Å². The van der Waals surface area contributed by atoms with Crippen molar-refractivity contribution in [3.63, 3.8) is 0 Å². The van der Waals surface area contributed by atoms with E-state index in [9.17, 15) is 0 Å². The Bertz CT molecular complexity index is 800. The van der Waals surface area contributed by atoms with Gasteiger partial charge in [0.2, 0.25) is 5.89 Å².